The summed E-state index contributed by atoms with van der Waals surface area (Å²) in [4.78, 5) is 0. The van der Waals surface area contributed by atoms with Crippen LogP contribution in [0.5, 0.6) is 5.75 Å². The Kier molecular flexibility index (Phi) is 6.76. The maximum absolute atomic E-state index is 9.47. The van der Waals surface area contributed by atoms with Crippen molar-refractivity contribution >= 4 is 0 Å². The van der Waals surface area contributed by atoms with Gasteiger partial charge in [0.25, 0.3) is 0 Å². The van der Waals surface area contributed by atoms with Gasteiger partial charge in [0.05, 0.1) is 12.7 Å². The highest BCUT2D eigenvalue weighted by atomic mass is 16.5. The van der Waals surface area contributed by atoms with Crippen molar-refractivity contribution in [3.8, 4) is 5.75 Å². The molecule has 0 saturated carbocycles. The lowest BCUT2D eigenvalue weighted by Crippen LogP contribution is -2.08. The number of rotatable bonds is 8. The number of unbranched alkanes of at least 4 members (excludes halogenated alkanes) is 1. The lowest BCUT2D eigenvalue weighted by Gasteiger charge is -2.12. The fraction of sp³-hybridized carbons (Fsp3) is 0.600. The van der Waals surface area contributed by atoms with Crippen molar-refractivity contribution in [3.63, 3.8) is 0 Å². The highest BCUT2D eigenvalue weighted by molar-refractivity contribution is 5.36. The zero-order chi connectivity index (χ0) is 13.4. The van der Waals surface area contributed by atoms with E-state index >= 15 is 0 Å². The number of hydrogen-bond donors (Lipinski definition) is 1. The molecule has 1 aromatic carbocycles. The molecule has 102 valence electrons. The zero-order valence-electron chi connectivity index (χ0n) is 11.6. The van der Waals surface area contributed by atoms with E-state index in [1.807, 2.05) is 25.1 Å². The second-order valence-corrected chi connectivity index (χ2v) is 4.52. The highest BCUT2D eigenvalue weighted by Crippen LogP contribution is 2.22. The normalized spacial score (nSPS) is 12.4. The largest absolute Gasteiger partial charge is 0.491 e. The zero-order valence-corrected chi connectivity index (χ0v) is 11.6. The Morgan fingerprint density at radius 3 is 2.61 bits per heavy atom. The summed E-state index contributed by atoms with van der Waals surface area (Å²) < 4.78 is 11.1. The first-order chi connectivity index (χ1) is 8.65. The summed E-state index contributed by atoms with van der Waals surface area (Å²) in [7, 11) is 0. The number of benzene rings is 1. The third-order valence-electron chi connectivity index (χ3n) is 2.81. The average molecular weight is 252 g/mol. The summed E-state index contributed by atoms with van der Waals surface area (Å²) in [6.45, 7) is 7.89. The molecular weight excluding hydrogens is 228 g/mol. The molecule has 1 aromatic rings. The summed E-state index contributed by atoms with van der Waals surface area (Å²) in [5.41, 5.74) is 1.96. The Bertz CT molecular complexity index is 348. The van der Waals surface area contributed by atoms with Gasteiger partial charge in [-0.15, -0.1) is 0 Å². The quantitative estimate of drug-likeness (QED) is 0.722. The Hall–Kier alpha value is -1.06. The predicted molar refractivity (Wildman–Crippen MR) is 73.0 cm³/mol. The minimum Gasteiger partial charge on any atom is -0.491 e. The number of aliphatic hydroxyl groups is 1. The van der Waals surface area contributed by atoms with E-state index in [1.165, 1.54) is 0 Å². The summed E-state index contributed by atoms with van der Waals surface area (Å²) in [5.74, 6) is 0.860. The van der Waals surface area contributed by atoms with Crippen molar-refractivity contribution in [2.45, 2.75) is 39.7 Å². The predicted octanol–water partition coefficient (Wildman–Crippen LogP) is 3.24. The first-order valence-electron chi connectivity index (χ1n) is 6.64. The van der Waals surface area contributed by atoms with Crippen LogP contribution < -0.4 is 4.74 Å². The van der Waals surface area contributed by atoms with E-state index in [-0.39, 0.29) is 0 Å². The molecule has 0 amide bonds. The molecule has 0 heterocycles. The molecule has 0 spiro atoms. The fourth-order valence-electron chi connectivity index (χ4n) is 1.65. The van der Waals surface area contributed by atoms with Gasteiger partial charge in [-0.05, 0) is 43.5 Å². The molecule has 0 bridgehead atoms. The van der Waals surface area contributed by atoms with Gasteiger partial charge in [-0.25, -0.2) is 0 Å². The molecule has 0 fully saturated rings. The molecule has 1 rings (SSSR count). The highest BCUT2D eigenvalue weighted by Gasteiger charge is 2.04. The van der Waals surface area contributed by atoms with Gasteiger partial charge in [0.1, 0.15) is 12.4 Å². The minimum atomic E-state index is -0.435. The Morgan fingerprint density at radius 1 is 1.22 bits per heavy atom. The van der Waals surface area contributed by atoms with E-state index in [4.69, 9.17) is 9.47 Å². The molecular formula is C15H24O3. The number of aliphatic hydroxyl groups excluding tert-OH is 1. The third-order valence-corrected chi connectivity index (χ3v) is 2.81. The number of aryl methyl sites for hydroxylation is 1. The van der Waals surface area contributed by atoms with E-state index in [9.17, 15) is 5.11 Å². The van der Waals surface area contributed by atoms with Crippen LogP contribution in [-0.2, 0) is 4.74 Å². The first-order valence-corrected chi connectivity index (χ1v) is 6.64. The van der Waals surface area contributed by atoms with E-state index in [0.717, 1.165) is 36.3 Å². The molecule has 3 nitrogen and oxygen atoms in total. The van der Waals surface area contributed by atoms with E-state index in [1.54, 1.807) is 6.92 Å². The van der Waals surface area contributed by atoms with Crippen molar-refractivity contribution in [3.05, 3.63) is 29.3 Å². The van der Waals surface area contributed by atoms with Crippen LogP contribution in [0, 0.1) is 6.92 Å². The monoisotopic (exact) mass is 252 g/mol. The Balaban J connectivity index is 2.34. The summed E-state index contributed by atoms with van der Waals surface area (Å²) in [6, 6.07) is 5.76. The molecule has 1 atom stereocenters. The molecule has 18 heavy (non-hydrogen) atoms. The molecule has 0 aliphatic rings. The van der Waals surface area contributed by atoms with E-state index in [2.05, 4.69) is 6.92 Å². The smallest absolute Gasteiger partial charge is 0.122 e. The van der Waals surface area contributed by atoms with E-state index < -0.39 is 6.10 Å². The van der Waals surface area contributed by atoms with Crippen LogP contribution >= 0.6 is 0 Å². The maximum Gasteiger partial charge on any atom is 0.122 e. The lowest BCUT2D eigenvalue weighted by molar-refractivity contribution is 0.0978. The second-order valence-electron chi connectivity index (χ2n) is 4.52. The molecule has 0 radical (unpaired) electrons. The third kappa shape index (κ3) is 5.07. The van der Waals surface area contributed by atoms with Gasteiger partial charge >= 0.3 is 0 Å². The SMILES string of the molecule is CCCCOCCOc1ccc([C@@H](C)O)cc1C. The van der Waals surface area contributed by atoms with Gasteiger partial charge in [-0.3, -0.25) is 0 Å². The topological polar surface area (TPSA) is 38.7 Å². The van der Waals surface area contributed by atoms with Gasteiger partial charge in [-0.1, -0.05) is 19.4 Å². The molecule has 0 unspecified atom stereocenters. The van der Waals surface area contributed by atoms with Crippen LogP contribution in [0.3, 0.4) is 0 Å². The number of hydrogen-bond acceptors (Lipinski definition) is 3. The molecule has 1 N–H and O–H groups in total. The van der Waals surface area contributed by atoms with Gasteiger partial charge in [-0.2, -0.15) is 0 Å². The van der Waals surface area contributed by atoms with Gasteiger partial charge in [0, 0.05) is 6.61 Å². The van der Waals surface area contributed by atoms with Crippen LogP contribution in [0.25, 0.3) is 0 Å². The second kappa shape index (κ2) is 8.11. The molecule has 0 saturated heterocycles. The molecule has 0 aromatic heterocycles. The Morgan fingerprint density at radius 2 is 2.00 bits per heavy atom. The van der Waals surface area contributed by atoms with Crippen molar-refractivity contribution in [1.29, 1.82) is 0 Å². The van der Waals surface area contributed by atoms with Crippen molar-refractivity contribution in [1.82, 2.24) is 0 Å². The van der Waals surface area contributed by atoms with Gasteiger partial charge in [0.2, 0.25) is 0 Å². The van der Waals surface area contributed by atoms with Crippen molar-refractivity contribution in [2.75, 3.05) is 19.8 Å². The van der Waals surface area contributed by atoms with Crippen LogP contribution in [-0.4, -0.2) is 24.9 Å². The summed E-state index contributed by atoms with van der Waals surface area (Å²) in [5, 5.41) is 9.47. The van der Waals surface area contributed by atoms with Crippen molar-refractivity contribution in [2.24, 2.45) is 0 Å². The van der Waals surface area contributed by atoms with E-state index in [0.29, 0.717) is 13.2 Å². The first kappa shape index (κ1) is 15.0. The molecule has 0 aliphatic heterocycles. The van der Waals surface area contributed by atoms with Crippen LogP contribution in [0.15, 0.2) is 18.2 Å². The minimum absolute atomic E-state index is 0.435. The van der Waals surface area contributed by atoms with Crippen LogP contribution in [0.4, 0.5) is 0 Å². The Labute approximate surface area is 110 Å². The molecule has 0 aliphatic carbocycles. The lowest BCUT2D eigenvalue weighted by atomic mass is 10.1. The maximum atomic E-state index is 9.47. The fourth-order valence-corrected chi connectivity index (χ4v) is 1.65. The van der Waals surface area contributed by atoms with Crippen LogP contribution in [0.2, 0.25) is 0 Å². The van der Waals surface area contributed by atoms with Crippen molar-refractivity contribution < 1.29 is 14.6 Å². The van der Waals surface area contributed by atoms with Gasteiger partial charge < -0.3 is 14.6 Å². The summed E-state index contributed by atoms with van der Waals surface area (Å²) in [6.07, 6.45) is 1.82. The van der Waals surface area contributed by atoms with Crippen LogP contribution in [0.1, 0.15) is 43.9 Å². The average Bonchev–Trinajstić information content (AvgIpc) is 2.35. The molecule has 3 heteroatoms. The van der Waals surface area contributed by atoms with Gasteiger partial charge in [0.15, 0.2) is 0 Å². The summed E-state index contributed by atoms with van der Waals surface area (Å²) >= 11 is 0. The standard InChI is InChI=1S/C15H24O3/c1-4-5-8-17-9-10-18-15-7-6-14(13(3)16)11-12(15)2/h6-7,11,13,16H,4-5,8-10H2,1-3H3/t13-/m1/s1. The number of ether oxygens (including phenoxy) is 2.